The third-order valence-electron chi connectivity index (χ3n) is 5.25. The zero-order valence-corrected chi connectivity index (χ0v) is 18.3. The van der Waals surface area contributed by atoms with E-state index >= 15 is 0 Å². The summed E-state index contributed by atoms with van der Waals surface area (Å²) in [6, 6.07) is 11.9. The van der Waals surface area contributed by atoms with Crippen LogP contribution in [0.25, 0.3) is 22.6 Å². The second-order valence-electron chi connectivity index (χ2n) is 8.61. The van der Waals surface area contributed by atoms with E-state index in [1.165, 1.54) is 0 Å². The van der Waals surface area contributed by atoms with Crippen LogP contribution in [0.15, 0.2) is 53.6 Å². The second-order valence-corrected chi connectivity index (χ2v) is 8.61. The summed E-state index contributed by atoms with van der Waals surface area (Å²) in [4.78, 5) is 17.6. The number of nitrogens with one attached hydrogen (secondary N) is 1. The Morgan fingerprint density at radius 1 is 1.10 bits per heavy atom. The summed E-state index contributed by atoms with van der Waals surface area (Å²) in [6.45, 7) is 8.83. The van der Waals surface area contributed by atoms with Gasteiger partial charge in [0.25, 0.3) is 0 Å². The van der Waals surface area contributed by atoms with Crippen LogP contribution >= 0.6 is 0 Å². The Bertz CT molecular complexity index is 1210. The highest BCUT2D eigenvalue weighted by Gasteiger charge is 2.20. The molecule has 4 rings (SSSR count). The van der Waals surface area contributed by atoms with Crippen LogP contribution in [0.3, 0.4) is 0 Å². The van der Waals surface area contributed by atoms with Gasteiger partial charge in [0, 0.05) is 34.8 Å². The zero-order valence-electron chi connectivity index (χ0n) is 18.3. The first-order valence-electron chi connectivity index (χ1n) is 10.5. The van der Waals surface area contributed by atoms with Crippen LogP contribution in [0.1, 0.15) is 45.4 Å². The van der Waals surface area contributed by atoms with Gasteiger partial charge in [0.2, 0.25) is 5.82 Å². The van der Waals surface area contributed by atoms with Crippen LogP contribution < -0.4 is 5.69 Å². The predicted molar refractivity (Wildman–Crippen MR) is 120 cm³/mol. The average Bonchev–Trinajstić information content (AvgIpc) is 3.39. The Labute approximate surface area is 181 Å². The first-order valence-corrected chi connectivity index (χ1v) is 10.5. The lowest BCUT2D eigenvalue weighted by molar-refractivity contribution is 0.380. The summed E-state index contributed by atoms with van der Waals surface area (Å²) in [5, 5.41) is 14.3. The summed E-state index contributed by atoms with van der Waals surface area (Å²) < 4.78 is 3.71. The molecular formula is C23H27N7O. The van der Waals surface area contributed by atoms with E-state index in [4.69, 9.17) is 0 Å². The van der Waals surface area contributed by atoms with Gasteiger partial charge in [-0.1, -0.05) is 37.6 Å². The third-order valence-corrected chi connectivity index (χ3v) is 5.25. The number of H-pyrrole nitrogens is 1. The number of aromatic nitrogens is 7. The van der Waals surface area contributed by atoms with Crippen LogP contribution in [-0.4, -0.2) is 34.7 Å². The number of benzene rings is 1. The maximum Gasteiger partial charge on any atom is 0.329 e. The largest absolute Gasteiger partial charge is 0.329 e. The van der Waals surface area contributed by atoms with Gasteiger partial charge >= 0.3 is 5.69 Å². The van der Waals surface area contributed by atoms with Crippen LogP contribution in [-0.2, 0) is 18.5 Å². The summed E-state index contributed by atoms with van der Waals surface area (Å²) in [5.41, 5.74) is 4.47. The molecule has 0 radical (unpaired) electrons. The van der Waals surface area contributed by atoms with Crippen molar-refractivity contribution in [3.63, 3.8) is 0 Å². The molecule has 1 N–H and O–H groups in total. The number of rotatable bonds is 6. The SMILES string of the molecule is CCCc1cn(C(C)(C)C)c(=O)n1Cc1ccc(-c2ncccc2-c2nn[nH]n2)cc1. The fourth-order valence-electron chi connectivity index (χ4n) is 3.67. The van der Waals surface area contributed by atoms with E-state index in [-0.39, 0.29) is 11.2 Å². The van der Waals surface area contributed by atoms with Gasteiger partial charge in [-0.25, -0.2) is 4.79 Å². The average molecular weight is 418 g/mol. The summed E-state index contributed by atoms with van der Waals surface area (Å²) in [7, 11) is 0. The summed E-state index contributed by atoms with van der Waals surface area (Å²) in [6.07, 6.45) is 5.62. The van der Waals surface area contributed by atoms with Gasteiger partial charge in [0.05, 0.1) is 12.2 Å². The number of imidazole rings is 1. The fraction of sp³-hybridized carbons (Fsp3) is 0.348. The van der Waals surface area contributed by atoms with Gasteiger partial charge in [0.15, 0.2) is 0 Å². The highest BCUT2D eigenvalue weighted by Crippen LogP contribution is 2.27. The monoisotopic (exact) mass is 417 g/mol. The Hall–Kier alpha value is -3.55. The van der Waals surface area contributed by atoms with Gasteiger partial charge in [-0.05, 0) is 50.1 Å². The lowest BCUT2D eigenvalue weighted by Gasteiger charge is -2.19. The molecule has 0 unspecified atom stereocenters. The first-order chi connectivity index (χ1) is 14.9. The molecule has 0 aliphatic rings. The lowest BCUT2D eigenvalue weighted by atomic mass is 10.0. The molecule has 0 saturated heterocycles. The Kier molecular flexibility index (Phi) is 5.54. The molecule has 1 aromatic carbocycles. The minimum Gasteiger partial charge on any atom is -0.294 e. The molecule has 3 heterocycles. The molecule has 0 spiro atoms. The van der Waals surface area contributed by atoms with E-state index in [9.17, 15) is 4.79 Å². The topological polar surface area (TPSA) is 94.3 Å². The Morgan fingerprint density at radius 2 is 1.87 bits per heavy atom. The van der Waals surface area contributed by atoms with Crippen molar-refractivity contribution < 1.29 is 0 Å². The minimum absolute atomic E-state index is 0.0316. The van der Waals surface area contributed by atoms with E-state index in [0.717, 1.165) is 40.9 Å². The number of nitrogens with zero attached hydrogens (tertiary/aromatic N) is 6. The van der Waals surface area contributed by atoms with Crippen molar-refractivity contribution in [2.45, 2.75) is 52.6 Å². The molecule has 0 aliphatic carbocycles. The van der Waals surface area contributed by atoms with Crippen molar-refractivity contribution in [2.75, 3.05) is 0 Å². The second kappa shape index (κ2) is 8.29. The lowest BCUT2D eigenvalue weighted by Crippen LogP contribution is -2.34. The quantitative estimate of drug-likeness (QED) is 0.517. The smallest absolute Gasteiger partial charge is 0.294 e. The van der Waals surface area contributed by atoms with Gasteiger partial charge in [-0.15, -0.1) is 10.2 Å². The Balaban J connectivity index is 1.66. The molecular weight excluding hydrogens is 390 g/mol. The summed E-state index contributed by atoms with van der Waals surface area (Å²) in [5.74, 6) is 0.506. The number of hydrogen-bond acceptors (Lipinski definition) is 5. The molecule has 8 nitrogen and oxygen atoms in total. The standard InChI is InChI=1S/C23H27N7O/c1-5-7-18-15-30(23(2,3)4)22(31)29(18)14-16-9-11-17(12-10-16)20-19(8-6-13-24-20)21-25-27-28-26-21/h6,8-13,15H,5,7,14H2,1-4H3,(H,25,26,27,28). The predicted octanol–water partition coefficient (Wildman–Crippen LogP) is 3.65. The van der Waals surface area contributed by atoms with Crippen molar-refractivity contribution in [1.82, 2.24) is 34.7 Å². The molecule has 3 aromatic heterocycles. The molecule has 0 fully saturated rings. The molecule has 0 bridgehead atoms. The number of pyridine rings is 1. The molecule has 8 heteroatoms. The molecule has 4 aromatic rings. The van der Waals surface area contributed by atoms with E-state index in [1.807, 2.05) is 51.7 Å². The van der Waals surface area contributed by atoms with Crippen LogP contribution in [0.4, 0.5) is 0 Å². The van der Waals surface area contributed by atoms with Crippen molar-refractivity contribution in [3.05, 3.63) is 70.5 Å². The number of aryl methyl sites for hydroxylation is 1. The van der Waals surface area contributed by atoms with Gasteiger partial charge < -0.3 is 0 Å². The molecule has 0 atom stereocenters. The fourth-order valence-corrected chi connectivity index (χ4v) is 3.67. The maximum absolute atomic E-state index is 13.1. The van der Waals surface area contributed by atoms with Gasteiger partial charge in [-0.2, -0.15) is 5.21 Å². The number of hydrogen-bond donors (Lipinski definition) is 1. The number of tetrazole rings is 1. The highest BCUT2D eigenvalue weighted by molar-refractivity contribution is 5.76. The zero-order chi connectivity index (χ0) is 22.0. The minimum atomic E-state index is -0.251. The van der Waals surface area contributed by atoms with Crippen LogP contribution in [0.2, 0.25) is 0 Å². The van der Waals surface area contributed by atoms with Gasteiger partial charge in [-0.3, -0.25) is 14.1 Å². The first kappa shape index (κ1) is 20.7. The van der Waals surface area contributed by atoms with Crippen LogP contribution in [0.5, 0.6) is 0 Å². The van der Waals surface area contributed by atoms with E-state index in [0.29, 0.717) is 12.4 Å². The molecule has 0 amide bonds. The van der Waals surface area contributed by atoms with Gasteiger partial charge in [0.1, 0.15) is 0 Å². The molecule has 31 heavy (non-hydrogen) atoms. The van der Waals surface area contributed by atoms with Crippen molar-refractivity contribution in [3.8, 4) is 22.6 Å². The number of aromatic amines is 1. The van der Waals surface area contributed by atoms with E-state index in [2.05, 4.69) is 53.3 Å². The van der Waals surface area contributed by atoms with Crippen molar-refractivity contribution in [2.24, 2.45) is 0 Å². The van der Waals surface area contributed by atoms with Crippen molar-refractivity contribution >= 4 is 0 Å². The van der Waals surface area contributed by atoms with E-state index in [1.54, 1.807) is 6.20 Å². The van der Waals surface area contributed by atoms with E-state index < -0.39 is 0 Å². The third kappa shape index (κ3) is 4.19. The normalized spacial score (nSPS) is 11.7. The highest BCUT2D eigenvalue weighted by atomic mass is 16.1. The summed E-state index contributed by atoms with van der Waals surface area (Å²) >= 11 is 0. The molecule has 0 aliphatic heterocycles. The van der Waals surface area contributed by atoms with Crippen molar-refractivity contribution in [1.29, 1.82) is 0 Å². The molecule has 160 valence electrons. The van der Waals surface area contributed by atoms with Crippen LogP contribution in [0, 0.1) is 0 Å². The Morgan fingerprint density at radius 3 is 2.52 bits per heavy atom. The maximum atomic E-state index is 13.1. The molecule has 0 saturated carbocycles.